The number of aryl methyl sites for hydroxylation is 2. The van der Waals surface area contributed by atoms with Gasteiger partial charge in [-0.2, -0.15) is 5.26 Å². The van der Waals surface area contributed by atoms with Crippen LogP contribution in [0.4, 0.5) is 5.82 Å². The SMILES string of the molecule is Cc1cc(C)c(C#N)c(N2CCOCC2C(N)=O)n1. The van der Waals surface area contributed by atoms with Crippen LogP contribution in [0.1, 0.15) is 16.8 Å². The highest BCUT2D eigenvalue weighted by Crippen LogP contribution is 2.25. The summed E-state index contributed by atoms with van der Waals surface area (Å²) in [5.41, 5.74) is 7.53. The quantitative estimate of drug-likeness (QED) is 0.823. The highest BCUT2D eigenvalue weighted by Gasteiger charge is 2.30. The lowest BCUT2D eigenvalue weighted by molar-refractivity contribution is -0.121. The number of amides is 1. The number of ether oxygens (including phenoxy) is 1. The largest absolute Gasteiger partial charge is 0.377 e. The van der Waals surface area contributed by atoms with Gasteiger partial charge in [-0.15, -0.1) is 0 Å². The zero-order valence-corrected chi connectivity index (χ0v) is 11.0. The van der Waals surface area contributed by atoms with Gasteiger partial charge in [-0.05, 0) is 25.5 Å². The minimum absolute atomic E-state index is 0.231. The van der Waals surface area contributed by atoms with Gasteiger partial charge < -0.3 is 15.4 Å². The van der Waals surface area contributed by atoms with Crippen LogP contribution in [0, 0.1) is 25.2 Å². The van der Waals surface area contributed by atoms with E-state index in [0.29, 0.717) is 24.5 Å². The molecule has 0 spiro atoms. The number of hydrogen-bond acceptors (Lipinski definition) is 5. The van der Waals surface area contributed by atoms with E-state index in [9.17, 15) is 10.1 Å². The first-order valence-electron chi connectivity index (χ1n) is 6.06. The molecule has 0 saturated carbocycles. The van der Waals surface area contributed by atoms with Crippen molar-refractivity contribution in [3.63, 3.8) is 0 Å². The fourth-order valence-electron chi connectivity index (χ4n) is 2.26. The molecular formula is C13H16N4O2. The molecule has 1 atom stereocenters. The van der Waals surface area contributed by atoms with Gasteiger partial charge in [-0.25, -0.2) is 4.98 Å². The van der Waals surface area contributed by atoms with Crippen molar-refractivity contribution in [3.05, 3.63) is 22.9 Å². The Bertz CT molecular complexity index is 550. The molecule has 1 unspecified atom stereocenters. The lowest BCUT2D eigenvalue weighted by Crippen LogP contribution is -2.53. The average Bonchev–Trinajstić information content (AvgIpc) is 2.37. The third kappa shape index (κ3) is 2.51. The topological polar surface area (TPSA) is 92.2 Å². The van der Waals surface area contributed by atoms with Gasteiger partial charge in [0.15, 0.2) is 0 Å². The smallest absolute Gasteiger partial charge is 0.242 e. The number of nitriles is 1. The molecule has 0 aliphatic carbocycles. The minimum atomic E-state index is -0.574. The van der Waals surface area contributed by atoms with E-state index in [2.05, 4.69) is 11.1 Å². The zero-order valence-electron chi connectivity index (χ0n) is 11.0. The number of nitrogens with two attached hydrogens (primary N) is 1. The van der Waals surface area contributed by atoms with Crippen LogP contribution in [-0.4, -0.2) is 36.7 Å². The number of morpholine rings is 1. The van der Waals surface area contributed by atoms with Crippen LogP contribution in [-0.2, 0) is 9.53 Å². The standard InChI is InChI=1S/C13H16N4O2/c1-8-5-9(2)16-13(10(8)6-14)17-3-4-19-7-11(17)12(15)18/h5,11H,3-4,7H2,1-2H3,(H2,15,18). The predicted octanol–water partition coefficient (Wildman–Crippen LogP) is 0.261. The Hall–Kier alpha value is -2.13. The minimum Gasteiger partial charge on any atom is -0.377 e. The van der Waals surface area contributed by atoms with Gasteiger partial charge in [0.1, 0.15) is 17.9 Å². The molecule has 1 aromatic heterocycles. The van der Waals surface area contributed by atoms with Crippen molar-refractivity contribution in [2.75, 3.05) is 24.7 Å². The molecule has 2 rings (SSSR count). The lowest BCUT2D eigenvalue weighted by atomic mass is 10.1. The van der Waals surface area contributed by atoms with Crippen LogP contribution in [0.15, 0.2) is 6.07 Å². The van der Waals surface area contributed by atoms with E-state index in [1.54, 1.807) is 4.90 Å². The molecule has 1 fully saturated rings. The van der Waals surface area contributed by atoms with Crippen molar-refractivity contribution in [2.24, 2.45) is 5.73 Å². The Kier molecular flexibility index (Phi) is 3.67. The molecule has 1 aliphatic rings. The van der Waals surface area contributed by atoms with Crippen LogP contribution in [0.3, 0.4) is 0 Å². The number of rotatable bonds is 2. The Balaban J connectivity index is 2.50. The van der Waals surface area contributed by atoms with Gasteiger partial charge in [0.25, 0.3) is 0 Å². The molecule has 0 aromatic carbocycles. The maximum atomic E-state index is 11.5. The fourth-order valence-corrected chi connectivity index (χ4v) is 2.26. The first kappa shape index (κ1) is 13.3. The number of aromatic nitrogens is 1. The van der Waals surface area contributed by atoms with Crippen LogP contribution in [0.25, 0.3) is 0 Å². The molecule has 6 nitrogen and oxygen atoms in total. The molecule has 1 amide bonds. The highest BCUT2D eigenvalue weighted by molar-refractivity contribution is 5.84. The van der Waals surface area contributed by atoms with E-state index in [-0.39, 0.29) is 6.61 Å². The van der Waals surface area contributed by atoms with Gasteiger partial charge in [-0.1, -0.05) is 0 Å². The zero-order chi connectivity index (χ0) is 14.0. The van der Waals surface area contributed by atoms with Crippen LogP contribution < -0.4 is 10.6 Å². The molecule has 6 heteroatoms. The van der Waals surface area contributed by atoms with E-state index in [4.69, 9.17) is 10.5 Å². The number of carbonyl (C=O) groups excluding carboxylic acids is 1. The summed E-state index contributed by atoms with van der Waals surface area (Å²) in [7, 11) is 0. The summed E-state index contributed by atoms with van der Waals surface area (Å²) in [5, 5.41) is 9.28. The third-order valence-electron chi connectivity index (χ3n) is 3.17. The van der Waals surface area contributed by atoms with Crippen LogP contribution in [0.2, 0.25) is 0 Å². The summed E-state index contributed by atoms with van der Waals surface area (Å²) in [6, 6.07) is 3.43. The van der Waals surface area contributed by atoms with Crippen LogP contribution in [0.5, 0.6) is 0 Å². The Labute approximate surface area is 111 Å². The second-order valence-corrected chi connectivity index (χ2v) is 4.58. The fraction of sp³-hybridized carbons (Fsp3) is 0.462. The summed E-state index contributed by atoms with van der Waals surface area (Å²) in [5.74, 6) is 0.0525. The molecule has 0 bridgehead atoms. The van der Waals surface area contributed by atoms with Gasteiger partial charge in [0.2, 0.25) is 5.91 Å². The molecule has 1 saturated heterocycles. The third-order valence-corrected chi connectivity index (χ3v) is 3.17. The summed E-state index contributed by atoms with van der Waals surface area (Å²) in [6.45, 7) is 4.93. The number of carbonyl (C=O) groups is 1. The average molecular weight is 260 g/mol. The maximum absolute atomic E-state index is 11.5. The van der Waals surface area contributed by atoms with Crippen molar-refractivity contribution < 1.29 is 9.53 Å². The van der Waals surface area contributed by atoms with Crippen molar-refractivity contribution >= 4 is 11.7 Å². The van der Waals surface area contributed by atoms with E-state index in [0.717, 1.165) is 11.3 Å². The lowest BCUT2D eigenvalue weighted by Gasteiger charge is -2.35. The van der Waals surface area contributed by atoms with Crippen molar-refractivity contribution in [1.29, 1.82) is 5.26 Å². The molecule has 1 aromatic rings. The maximum Gasteiger partial charge on any atom is 0.242 e. The van der Waals surface area contributed by atoms with E-state index in [1.165, 1.54) is 0 Å². The monoisotopic (exact) mass is 260 g/mol. The Morgan fingerprint density at radius 1 is 1.63 bits per heavy atom. The highest BCUT2D eigenvalue weighted by atomic mass is 16.5. The van der Waals surface area contributed by atoms with Crippen LogP contribution >= 0.6 is 0 Å². The molecule has 1 aliphatic heterocycles. The van der Waals surface area contributed by atoms with Gasteiger partial charge >= 0.3 is 0 Å². The number of hydrogen-bond donors (Lipinski definition) is 1. The number of primary amides is 1. The molecule has 2 N–H and O–H groups in total. The van der Waals surface area contributed by atoms with E-state index < -0.39 is 11.9 Å². The first-order chi connectivity index (χ1) is 9.04. The molecular weight excluding hydrogens is 244 g/mol. The Morgan fingerprint density at radius 3 is 3.00 bits per heavy atom. The molecule has 100 valence electrons. The Morgan fingerprint density at radius 2 is 2.37 bits per heavy atom. The van der Waals surface area contributed by atoms with Crippen molar-refractivity contribution in [1.82, 2.24) is 4.98 Å². The normalized spacial score (nSPS) is 19.0. The summed E-state index contributed by atoms with van der Waals surface area (Å²) >= 11 is 0. The van der Waals surface area contributed by atoms with Crippen molar-refractivity contribution in [3.8, 4) is 6.07 Å². The van der Waals surface area contributed by atoms with Crippen molar-refractivity contribution in [2.45, 2.75) is 19.9 Å². The molecule has 0 radical (unpaired) electrons. The second kappa shape index (κ2) is 5.24. The first-order valence-corrected chi connectivity index (χ1v) is 6.06. The summed E-state index contributed by atoms with van der Waals surface area (Å²) in [4.78, 5) is 17.7. The second-order valence-electron chi connectivity index (χ2n) is 4.58. The van der Waals surface area contributed by atoms with Gasteiger partial charge in [0.05, 0.1) is 18.8 Å². The van der Waals surface area contributed by atoms with Gasteiger partial charge in [-0.3, -0.25) is 4.79 Å². The number of nitrogens with zero attached hydrogens (tertiary/aromatic N) is 3. The van der Waals surface area contributed by atoms with Gasteiger partial charge in [0, 0.05) is 12.2 Å². The molecule has 19 heavy (non-hydrogen) atoms. The number of pyridine rings is 1. The summed E-state index contributed by atoms with van der Waals surface area (Å²) < 4.78 is 5.28. The van der Waals surface area contributed by atoms with E-state index in [1.807, 2.05) is 19.9 Å². The molecule has 2 heterocycles. The number of anilines is 1. The summed E-state index contributed by atoms with van der Waals surface area (Å²) in [6.07, 6.45) is 0. The predicted molar refractivity (Wildman–Crippen MR) is 69.6 cm³/mol. The van der Waals surface area contributed by atoms with E-state index >= 15 is 0 Å².